The molecule has 0 saturated carbocycles. The summed E-state index contributed by atoms with van der Waals surface area (Å²) < 4.78 is 0. The summed E-state index contributed by atoms with van der Waals surface area (Å²) in [5.74, 6) is 0.743. The van der Waals surface area contributed by atoms with Gasteiger partial charge in [0.05, 0.1) is 5.69 Å². The van der Waals surface area contributed by atoms with Gasteiger partial charge in [0.2, 0.25) is 5.91 Å². The van der Waals surface area contributed by atoms with Gasteiger partial charge in [0.15, 0.2) is 0 Å². The maximum atomic E-state index is 11.4. The standard InChI is InChI=1S/C11H12N4O2S/c1-7(16)15-2-3-18-11-5-9(13-14-12)10(17)4-8(11)6-15/h4-5,17H,2-3,6H2,1H3. The van der Waals surface area contributed by atoms with Crippen molar-refractivity contribution in [2.75, 3.05) is 12.3 Å². The first-order valence-electron chi connectivity index (χ1n) is 5.41. The van der Waals surface area contributed by atoms with Crippen molar-refractivity contribution in [3.05, 3.63) is 28.1 Å². The van der Waals surface area contributed by atoms with Crippen LogP contribution in [0, 0.1) is 0 Å². The van der Waals surface area contributed by atoms with Gasteiger partial charge in [0.1, 0.15) is 5.75 Å². The Morgan fingerprint density at radius 1 is 1.61 bits per heavy atom. The first kappa shape index (κ1) is 12.6. The van der Waals surface area contributed by atoms with Crippen molar-refractivity contribution >= 4 is 23.4 Å². The van der Waals surface area contributed by atoms with Crippen LogP contribution in [0.4, 0.5) is 5.69 Å². The van der Waals surface area contributed by atoms with Crippen LogP contribution in [0.25, 0.3) is 10.4 Å². The van der Waals surface area contributed by atoms with E-state index in [2.05, 4.69) is 10.0 Å². The van der Waals surface area contributed by atoms with Crippen molar-refractivity contribution in [1.29, 1.82) is 0 Å². The van der Waals surface area contributed by atoms with Crippen molar-refractivity contribution in [3.63, 3.8) is 0 Å². The zero-order chi connectivity index (χ0) is 13.1. The minimum absolute atomic E-state index is 0.0158. The largest absolute Gasteiger partial charge is 0.507 e. The third kappa shape index (κ3) is 2.52. The second-order valence-corrected chi connectivity index (χ2v) is 5.06. The van der Waals surface area contributed by atoms with E-state index >= 15 is 0 Å². The second kappa shape index (κ2) is 5.20. The van der Waals surface area contributed by atoms with Crippen LogP contribution in [-0.4, -0.2) is 28.2 Å². The molecule has 0 atom stereocenters. The molecule has 0 radical (unpaired) electrons. The van der Waals surface area contributed by atoms with Gasteiger partial charge in [-0.3, -0.25) is 4.79 Å². The Morgan fingerprint density at radius 3 is 3.06 bits per heavy atom. The van der Waals surface area contributed by atoms with E-state index in [0.29, 0.717) is 13.1 Å². The quantitative estimate of drug-likeness (QED) is 0.480. The number of nitrogens with zero attached hydrogens (tertiary/aromatic N) is 4. The smallest absolute Gasteiger partial charge is 0.219 e. The van der Waals surface area contributed by atoms with Gasteiger partial charge in [0, 0.05) is 35.6 Å². The molecular weight excluding hydrogens is 252 g/mol. The summed E-state index contributed by atoms with van der Waals surface area (Å²) in [4.78, 5) is 16.7. The maximum Gasteiger partial charge on any atom is 0.219 e. The van der Waals surface area contributed by atoms with E-state index in [1.165, 1.54) is 6.92 Å². The third-order valence-electron chi connectivity index (χ3n) is 2.74. The lowest BCUT2D eigenvalue weighted by Crippen LogP contribution is -2.29. The van der Waals surface area contributed by atoms with Crippen LogP contribution in [0.1, 0.15) is 12.5 Å². The Morgan fingerprint density at radius 2 is 2.39 bits per heavy atom. The molecular formula is C11H12N4O2S. The maximum absolute atomic E-state index is 11.4. The molecule has 1 amide bonds. The van der Waals surface area contributed by atoms with Crippen molar-refractivity contribution in [1.82, 2.24) is 4.90 Å². The topological polar surface area (TPSA) is 89.3 Å². The van der Waals surface area contributed by atoms with Gasteiger partial charge in [-0.15, -0.1) is 11.8 Å². The molecule has 1 aromatic carbocycles. The molecule has 6 nitrogen and oxygen atoms in total. The summed E-state index contributed by atoms with van der Waals surface area (Å²) in [7, 11) is 0. The van der Waals surface area contributed by atoms with Crippen molar-refractivity contribution in [2.24, 2.45) is 5.11 Å². The predicted octanol–water partition coefficient (Wildman–Crippen LogP) is 2.79. The van der Waals surface area contributed by atoms with Crippen molar-refractivity contribution in [3.8, 4) is 5.75 Å². The van der Waals surface area contributed by atoms with E-state index in [1.807, 2.05) is 0 Å². The molecule has 1 heterocycles. The van der Waals surface area contributed by atoms with Gasteiger partial charge in [-0.1, -0.05) is 5.11 Å². The molecule has 1 aliphatic heterocycles. The molecule has 0 unspecified atom stereocenters. The molecule has 7 heteroatoms. The number of rotatable bonds is 1. The first-order valence-corrected chi connectivity index (χ1v) is 6.39. The Kier molecular flexibility index (Phi) is 3.64. The Labute approximate surface area is 108 Å². The fraction of sp³-hybridized carbons (Fsp3) is 0.364. The molecule has 0 aliphatic carbocycles. The van der Waals surface area contributed by atoms with E-state index in [-0.39, 0.29) is 17.3 Å². The number of fused-ring (bicyclic) bond motifs is 1. The lowest BCUT2D eigenvalue weighted by molar-refractivity contribution is -0.129. The van der Waals surface area contributed by atoms with E-state index < -0.39 is 0 Å². The highest BCUT2D eigenvalue weighted by atomic mass is 32.2. The number of azide groups is 1. The molecule has 0 saturated heterocycles. The summed E-state index contributed by atoms with van der Waals surface area (Å²) in [6.07, 6.45) is 0. The van der Waals surface area contributed by atoms with Crippen LogP contribution in [-0.2, 0) is 11.3 Å². The highest BCUT2D eigenvalue weighted by molar-refractivity contribution is 7.99. The van der Waals surface area contributed by atoms with E-state index in [0.717, 1.165) is 16.2 Å². The van der Waals surface area contributed by atoms with Gasteiger partial charge in [-0.2, -0.15) is 0 Å². The number of carbonyl (C=O) groups is 1. The molecule has 18 heavy (non-hydrogen) atoms. The number of phenolic OH excluding ortho intramolecular Hbond substituents is 1. The minimum Gasteiger partial charge on any atom is -0.507 e. The molecule has 1 N–H and O–H groups in total. The highest BCUT2D eigenvalue weighted by Crippen LogP contribution is 2.37. The number of hydrogen-bond acceptors (Lipinski definition) is 4. The van der Waals surface area contributed by atoms with Gasteiger partial charge >= 0.3 is 0 Å². The minimum atomic E-state index is -0.0578. The molecule has 1 aliphatic rings. The van der Waals surface area contributed by atoms with Gasteiger partial charge < -0.3 is 10.0 Å². The van der Waals surface area contributed by atoms with Gasteiger partial charge in [-0.25, -0.2) is 0 Å². The van der Waals surface area contributed by atoms with Crippen LogP contribution in [0.5, 0.6) is 5.75 Å². The Balaban J connectivity index is 2.41. The summed E-state index contributed by atoms with van der Waals surface area (Å²) >= 11 is 1.59. The number of amides is 1. The highest BCUT2D eigenvalue weighted by Gasteiger charge is 2.18. The first-order chi connectivity index (χ1) is 8.61. The van der Waals surface area contributed by atoms with Crippen LogP contribution < -0.4 is 0 Å². The van der Waals surface area contributed by atoms with Crippen LogP contribution in [0.3, 0.4) is 0 Å². The van der Waals surface area contributed by atoms with Crippen molar-refractivity contribution < 1.29 is 9.90 Å². The lowest BCUT2D eigenvalue weighted by Gasteiger charge is -2.18. The number of thioether (sulfide) groups is 1. The van der Waals surface area contributed by atoms with Crippen LogP contribution in [0.2, 0.25) is 0 Å². The summed E-state index contributed by atoms with van der Waals surface area (Å²) in [6.45, 7) is 2.68. The number of carbonyl (C=O) groups excluding carboxylic acids is 1. The monoisotopic (exact) mass is 264 g/mol. The number of hydrogen-bond donors (Lipinski definition) is 1. The zero-order valence-electron chi connectivity index (χ0n) is 9.83. The van der Waals surface area contributed by atoms with Crippen LogP contribution in [0.15, 0.2) is 22.1 Å². The fourth-order valence-corrected chi connectivity index (χ4v) is 2.84. The van der Waals surface area contributed by atoms with Crippen LogP contribution >= 0.6 is 11.8 Å². The van der Waals surface area contributed by atoms with E-state index in [9.17, 15) is 9.90 Å². The SMILES string of the molecule is CC(=O)N1CCSc2cc(N=[N+]=[N-])c(O)cc2C1. The molecule has 2 rings (SSSR count). The molecule has 1 aromatic rings. The fourth-order valence-electron chi connectivity index (χ4n) is 1.81. The third-order valence-corrected chi connectivity index (χ3v) is 3.81. The van der Waals surface area contributed by atoms with E-state index in [1.54, 1.807) is 28.8 Å². The molecule has 0 spiro atoms. The van der Waals surface area contributed by atoms with Crippen molar-refractivity contribution in [2.45, 2.75) is 18.4 Å². The Hall–Kier alpha value is -1.85. The number of aromatic hydroxyl groups is 1. The second-order valence-electron chi connectivity index (χ2n) is 3.93. The summed E-state index contributed by atoms with van der Waals surface area (Å²) in [6, 6.07) is 3.23. The van der Waals surface area contributed by atoms with Gasteiger partial charge in [0.25, 0.3) is 0 Å². The van der Waals surface area contributed by atoms with Gasteiger partial charge in [-0.05, 0) is 23.2 Å². The molecule has 0 aromatic heterocycles. The Bertz CT molecular complexity index is 540. The normalized spacial score (nSPS) is 14.4. The molecule has 0 fully saturated rings. The number of benzene rings is 1. The lowest BCUT2D eigenvalue weighted by atomic mass is 10.1. The summed E-state index contributed by atoms with van der Waals surface area (Å²) in [5, 5.41) is 13.2. The number of phenols is 1. The average Bonchev–Trinajstić information content (AvgIpc) is 2.52. The summed E-state index contributed by atoms with van der Waals surface area (Å²) in [5.41, 5.74) is 9.51. The predicted molar refractivity (Wildman–Crippen MR) is 68.7 cm³/mol. The zero-order valence-corrected chi connectivity index (χ0v) is 10.6. The molecule has 94 valence electrons. The average molecular weight is 264 g/mol. The van der Waals surface area contributed by atoms with E-state index in [4.69, 9.17) is 5.53 Å². The molecule has 0 bridgehead atoms.